The molecule has 1 saturated carbocycles. The first-order valence-electron chi connectivity index (χ1n) is 9.98. The first kappa shape index (κ1) is 18.6. The molecule has 0 spiro atoms. The second-order valence-corrected chi connectivity index (χ2v) is 7.32. The molecule has 2 aliphatic rings. The maximum Gasteiger partial charge on any atom is 0.256 e. The first-order chi connectivity index (χ1) is 13.7. The summed E-state index contributed by atoms with van der Waals surface area (Å²) in [6.07, 6.45) is 6.02. The summed E-state index contributed by atoms with van der Waals surface area (Å²) in [5.74, 6) is 1.82. The number of hydrogen-bond acceptors (Lipinski definition) is 5. The second kappa shape index (κ2) is 8.09. The standard InChI is InChI=1S/C22H26N2O4/c1-2-26-21-17(6-5-11-23-21)20(25)24-15-22(9-3-4-10-22)16-7-8-18-19(14-16)28-13-12-27-18/h5-8,11,14H,2-4,9-10,12-13,15H2,1H3,(H,24,25). The highest BCUT2D eigenvalue weighted by Gasteiger charge is 2.37. The third-order valence-electron chi connectivity index (χ3n) is 5.60. The summed E-state index contributed by atoms with van der Waals surface area (Å²) >= 11 is 0. The minimum Gasteiger partial charge on any atom is -0.486 e. The molecule has 2 heterocycles. The monoisotopic (exact) mass is 382 g/mol. The van der Waals surface area contributed by atoms with Crippen molar-refractivity contribution in [2.75, 3.05) is 26.4 Å². The fourth-order valence-electron chi connectivity index (χ4n) is 4.15. The van der Waals surface area contributed by atoms with Crippen LogP contribution in [0.5, 0.6) is 17.4 Å². The quantitative estimate of drug-likeness (QED) is 0.828. The van der Waals surface area contributed by atoms with Crippen LogP contribution >= 0.6 is 0 Å². The van der Waals surface area contributed by atoms with Gasteiger partial charge in [0.1, 0.15) is 18.8 Å². The van der Waals surface area contributed by atoms with Gasteiger partial charge in [0.25, 0.3) is 5.91 Å². The van der Waals surface area contributed by atoms with Crippen molar-refractivity contribution in [3.8, 4) is 17.4 Å². The molecule has 6 nitrogen and oxygen atoms in total. The van der Waals surface area contributed by atoms with E-state index in [1.165, 1.54) is 5.56 Å². The topological polar surface area (TPSA) is 69.7 Å². The van der Waals surface area contributed by atoms with Crippen LogP contribution in [0, 0.1) is 0 Å². The highest BCUT2D eigenvalue weighted by molar-refractivity contribution is 5.96. The molecule has 1 amide bonds. The molecule has 2 aromatic rings. The SMILES string of the molecule is CCOc1ncccc1C(=O)NCC1(c2ccc3c(c2)OCCO3)CCCC1. The fourth-order valence-corrected chi connectivity index (χ4v) is 4.15. The molecule has 0 radical (unpaired) electrons. The van der Waals surface area contributed by atoms with Crippen LogP contribution in [0.2, 0.25) is 0 Å². The maximum absolute atomic E-state index is 12.8. The van der Waals surface area contributed by atoms with Gasteiger partial charge in [0.05, 0.1) is 6.61 Å². The minimum absolute atomic E-state index is 0.0838. The number of ether oxygens (including phenoxy) is 3. The predicted octanol–water partition coefficient (Wildman–Crippen LogP) is 3.49. The Kier molecular flexibility index (Phi) is 5.37. The van der Waals surface area contributed by atoms with E-state index < -0.39 is 0 Å². The van der Waals surface area contributed by atoms with Crippen molar-refractivity contribution in [2.24, 2.45) is 0 Å². The third-order valence-corrected chi connectivity index (χ3v) is 5.60. The average molecular weight is 382 g/mol. The predicted molar refractivity (Wildman–Crippen MR) is 105 cm³/mol. The highest BCUT2D eigenvalue weighted by atomic mass is 16.6. The Bertz CT molecular complexity index is 846. The van der Waals surface area contributed by atoms with E-state index >= 15 is 0 Å². The van der Waals surface area contributed by atoms with Gasteiger partial charge in [0.15, 0.2) is 11.5 Å². The summed E-state index contributed by atoms with van der Waals surface area (Å²) in [7, 11) is 0. The first-order valence-corrected chi connectivity index (χ1v) is 9.98. The average Bonchev–Trinajstić information content (AvgIpc) is 3.22. The molecule has 1 N–H and O–H groups in total. The van der Waals surface area contributed by atoms with Gasteiger partial charge in [0.2, 0.25) is 5.88 Å². The lowest BCUT2D eigenvalue weighted by Crippen LogP contribution is -2.39. The lowest BCUT2D eigenvalue weighted by Gasteiger charge is -2.31. The Hall–Kier alpha value is -2.76. The van der Waals surface area contributed by atoms with Crippen molar-refractivity contribution in [1.29, 1.82) is 0 Å². The van der Waals surface area contributed by atoms with Crippen LogP contribution in [0.3, 0.4) is 0 Å². The molecule has 0 atom stereocenters. The maximum atomic E-state index is 12.8. The number of pyridine rings is 1. The number of amides is 1. The third kappa shape index (κ3) is 3.63. The number of fused-ring (bicyclic) bond motifs is 1. The summed E-state index contributed by atoms with van der Waals surface area (Å²) in [5.41, 5.74) is 1.59. The smallest absolute Gasteiger partial charge is 0.256 e. The van der Waals surface area contributed by atoms with Gasteiger partial charge in [-0.1, -0.05) is 18.9 Å². The minimum atomic E-state index is -0.152. The molecule has 4 rings (SSSR count). The van der Waals surface area contributed by atoms with E-state index in [2.05, 4.69) is 22.4 Å². The van der Waals surface area contributed by atoms with Crippen LogP contribution in [0.4, 0.5) is 0 Å². The van der Waals surface area contributed by atoms with Gasteiger partial charge >= 0.3 is 0 Å². The van der Waals surface area contributed by atoms with E-state index in [-0.39, 0.29) is 11.3 Å². The van der Waals surface area contributed by atoms with Gasteiger partial charge in [-0.15, -0.1) is 0 Å². The van der Waals surface area contributed by atoms with Crippen molar-refractivity contribution in [2.45, 2.75) is 38.0 Å². The van der Waals surface area contributed by atoms with E-state index in [9.17, 15) is 4.79 Å². The zero-order chi connectivity index (χ0) is 19.4. The van der Waals surface area contributed by atoms with E-state index in [1.54, 1.807) is 18.3 Å². The molecule has 0 unspecified atom stereocenters. The van der Waals surface area contributed by atoms with Crippen molar-refractivity contribution in [1.82, 2.24) is 10.3 Å². The number of carbonyl (C=O) groups is 1. The highest BCUT2D eigenvalue weighted by Crippen LogP contribution is 2.43. The van der Waals surface area contributed by atoms with Crippen molar-refractivity contribution in [3.63, 3.8) is 0 Å². The fraction of sp³-hybridized carbons (Fsp3) is 0.455. The Labute approximate surface area is 165 Å². The van der Waals surface area contributed by atoms with Gasteiger partial charge in [-0.25, -0.2) is 4.98 Å². The summed E-state index contributed by atoms with van der Waals surface area (Å²) in [5, 5.41) is 3.13. The summed E-state index contributed by atoms with van der Waals surface area (Å²) < 4.78 is 16.9. The Balaban J connectivity index is 1.54. The molecule has 148 valence electrons. The van der Waals surface area contributed by atoms with Gasteiger partial charge in [0, 0.05) is 18.2 Å². The molecule has 1 aliphatic heterocycles. The van der Waals surface area contributed by atoms with Gasteiger partial charge in [-0.2, -0.15) is 0 Å². The number of rotatable bonds is 6. The summed E-state index contributed by atoms with van der Waals surface area (Å²) in [6.45, 7) is 4.08. The summed E-state index contributed by atoms with van der Waals surface area (Å²) in [4.78, 5) is 17.0. The Morgan fingerprint density at radius 2 is 1.96 bits per heavy atom. The number of benzene rings is 1. The normalized spacial score (nSPS) is 17.2. The van der Waals surface area contributed by atoms with Gasteiger partial charge in [-0.3, -0.25) is 4.79 Å². The van der Waals surface area contributed by atoms with E-state index in [0.29, 0.717) is 37.8 Å². The van der Waals surface area contributed by atoms with Crippen LogP contribution in [0.15, 0.2) is 36.5 Å². The molecule has 0 bridgehead atoms. The number of carbonyl (C=O) groups excluding carboxylic acids is 1. The van der Waals surface area contributed by atoms with Crippen LogP contribution in [-0.4, -0.2) is 37.3 Å². The Morgan fingerprint density at radius 1 is 1.18 bits per heavy atom. The molecular formula is C22H26N2O4. The number of nitrogens with zero attached hydrogens (tertiary/aromatic N) is 1. The Morgan fingerprint density at radius 3 is 2.75 bits per heavy atom. The molecule has 0 saturated heterocycles. The second-order valence-electron chi connectivity index (χ2n) is 7.32. The molecule has 1 aliphatic carbocycles. The van der Waals surface area contributed by atoms with Crippen LogP contribution in [-0.2, 0) is 5.41 Å². The molecule has 1 aromatic heterocycles. The van der Waals surface area contributed by atoms with Crippen LogP contribution in [0.25, 0.3) is 0 Å². The number of nitrogens with one attached hydrogen (secondary N) is 1. The molecular weight excluding hydrogens is 356 g/mol. The zero-order valence-corrected chi connectivity index (χ0v) is 16.2. The molecule has 6 heteroatoms. The number of hydrogen-bond donors (Lipinski definition) is 1. The van der Waals surface area contributed by atoms with Gasteiger partial charge < -0.3 is 19.5 Å². The zero-order valence-electron chi connectivity index (χ0n) is 16.2. The molecule has 1 fully saturated rings. The van der Waals surface area contributed by atoms with Crippen molar-refractivity contribution < 1.29 is 19.0 Å². The lowest BCUT2D eigenvalue weighted by atomic mass is 9.78. The molecule has 1 aromatic carbocycles. The van der Waals surface area contributed by atoms with E-state index in [1.807, 2.05) is 13.0 Å². The number of aromatic nitrogens is 1. The van der Waals surface area contributed by atoms with Crippen molar-refractivity contribution >= 4 is 5.91 Å². The lowest BCUT2D eigenvalue weighted by molar-refractivity contribution is 0.0938. The van der Waals surface area contributed by atoms with Crippen LogP contribution in [0.1, 0.15) is 48.5 Å². The van der Waals surface area contributed by atoms with E-state index in [4.69, 9.17) is 14.2 Å². The summed E-state index contributed by atoms with van der Waals surface area (Å²) in [6, 6.07) is 9.69. The molecule has 28 heavy (non-hydrogen) atoms. The largest absolute Gasteiger partial charge is 0.486 e. The van der Waals surface area contributed by atoms with E-state index in [0.717, 1.165) is 37.2 Å². The van der Waals surface area contributed by atoms with Crippen molar-refractivity contribution in [3.05, 3.63) is 47.7 Å². The van der Waals surface area contributed by atoms with Crippen LogP contribution < -0.4 is 19.5 Å². The van der Waals surface area contributed by atoms with Gasteiger partial charge in [-0.05, 0) is 49.6 Å².